The number of anilines is 1. The molecule has 1 fully saturated rings. The number of urea groups is 1. The summed E-state index contributed by atoms with van der Waals surface area (Å²) >= 11 is 0. The van der Waals surface area contributed by atoms with Gasteiger partial charge in [-0.15, -0.1) is 0 Å². The number of benzene rings is 1. The van der Waals surface area contributed by atoms with Crippen molar-refractivity contribution in [3.63, 3.8) is 0 Å². The summed E-state index contributed by atoms with van der Waals surface area (Å²) in [6, 6.07) is 6.60. The maximum absolute atomic E-state index is 13.1. The first-order chi connectivity index (χ1) is 12.7. The van der Waals surface area contributed by atoms with Crippen LogP contribution in [0, 0.1) is 11.8 Å². The average Bonchev–Trinajstić information content (AvgIpc) is 3.01. The molecular weight excluding hydrogens is 363 g/mol. The number of carboxylic acids is 1. The van der Waals surface area contributed by atoms with E-state index < -0.39 is 43.1 Å². The second-order valence-corrected chi connectivity index (χ2v) is 7.12. The highest BCUT2D eigenvalue weighted by Crippen LogP contribution is 2.38. The standard InChI is InChI=1S/C18H22F3N3O3/c1-23-8-4-6-14(11-5-2-3-7-15(11)23)22-17(27)24-9-12(16(25)26)13(10-24)18(19,20)21/h2-3,5,7,12-14H,4,6,8-10H2,1H3,(H,22,27)(H,25,26)/t12-,13-,14?/m1/s1. The van der Waals surface area contributed by atoms with Gasteiger partial charge >= 0.3 is 18.2 Å². The number of halogens is 3. The van der Waals surface area contributed by atoms with Crippen LogP contribution in [0.5, 0.6) is 0 Å². The first-order valence-electron chi connectivity index (χ1n) is 8.83. The lowest BCUT2D eigenvalue weighted by Gasteiger charge is -2.25. The molecule has 0 saturated carbocycles. The Labute approximate surface area is 154 Å². The molecule has 1 unspecified atom stereocenters. The maximum atomic E-state index is 13.1. The zero-order valence-corrected chi connectivity index (χ0v) is 14.9. The minimum Gasteiger partial charge on any atom is -0.481 e. The maximum Gasteiger partial charge on any atom is 0.394 e. The third kappa shape index (κ3) is 3.96. The second kappa shape index (κ2) is 7.28. The summed E-state index contributed by atoms with van der Waals surface area (Å²) in [5, 5.41) is 11.9. The van der Waals surface area contributed by atoms with Crippen LogP contribution in [-0.4, -0.2) is 54.9 Å². The first kappa shape index (κ1) is 19.3. The van der Waals surface area contributed by atoms with Crippen molar-refractivity contribution in [1.29, 1.82) is 0 Å². The Morgan fingerprint density at radius 1 is 1.22 bits per heavy atom. The van der Waals surface area contributed by atoms with Gasteiger partial charge in [0.1, 0.15) is 0 Å². The Morgan fingerprint density at radius 3 is 2.56 bits per heavy atom. The normalized spacial score (nSPS) is 25.7. The summed E-state index contributed by atoms with van der Waals surface area (Å²) in [4.78, 5) is 26.8. The molecule has 0 aliphatic carbocycles. The van der Waals surface area contributed by atoms with Crippen molar-refractivity contribution in [2.75, 3.05) is 31.6 Å². The van der Waals surface area contributed by atoms with Crippen molar-refractivity contribution in [3.8, 4) is 0 Å². The zero-order valence-electron chi connectivity index (χ0n) is 14.9. The monoisotopic (exact) mass is 385 g/mol. The minimum absolute atomic E-state index is 0.327. The van der Waals surface area contributed by atoms with Gasteiger partial charge in [0.05, 0.1) is 17.9 Å². The molecule has 27 heavy (non-hydrogen) atoms. The molecule has 1 aromatic carbocycles. The molecule has 148 valence electrons. The molecule has 3 atom stereocenters. The Hall–Kier alpha value is -2.45. The number of fused-ring (bicyclic) bond motifs is 1. The Bertz CT molecular complexity index is 725. The molecular formula is C18H22F3N3O3. The predicted molar refractivity (Wildman–Crippen MR) is 92.5 cm³/mol. The number of carbonyl (C=O) groups excluding carboxylic acids is 1. The second-order valence-electron chi connectivity index (χ2n) is 7.12. The van der Waals surface area contributed by atoms with Crippen LogP contribution >= 0.6 is 0 Å². The third-order valence-electron chi connectivity index (χ3n) is 5.35. The Balaban J connectivity index is 1.76. The highest BCUT2D eigenvalue weighted by atomic mass is 19.4. The van der Waals surface area contributed by atoms with E-state index in [1.54, 1.807) is 0 Å². The summed E-state index contributed by atoms with van der Waals surface area (Å²) in [6.07, 6.45) is -3.18. The largest absolute Gasteiger partial charge is 0.481 e. The molecule has 3 rings (SSSR count). The minimum atomic E-state index is -4.66. The van der Waals surface area contributed by atoms with E-state index in [0.717, 1.165) is 29.1 Å². The molecule has 2 heterocycles. The van der Waals surface area contributed by atoms with Crippen LogP contribution in [0.2, 0.25) is 0 Å². The number of nitrogens with zero attached hydrogens (tertiary/aromatic N) is 2. The summed E-state index contributed by atoms with van der Waals surface area (Å²) in [5.41, 5.74) is 1.88. The van der Waals surface area contributed by atoms with Gasteiger partial charge < -0.3 is 20.2 Å². The van der Waals surface area contributed by atoms with Crippen LogP contribution in [0.3, 0.4) is 0 Å². The molecule has 2 aliphatic rings. The molecule has 2 aliphatic heterocycles. The van der Waals surface area contributed by atoms with Gasteiger partial charge in [-0.1, -0.05) is 18.2 Å². The number of carboxylic acid groups (broad SMARTS) is 1. The van der Waals surface area contributed by atoms with Crippen molar-refractivity contribution in [2.45, 2.75) is 25.1 Å². The Kier molecular flexibility index (Phi) is 5.21. The number of para-hydroxylation sites is 1. The molecule has 2 amide bonds. The SMILES string of the molecule is CN1CCCC(NC(=O)N2C[C@@H](C(F)(F)F)[C@H](C(=O)O)C2)c2ccccc21. The zero-order chi connectivity index (χ0) is 19.8. The van der Waals surface area contributed by atoms with Gasteiger partial charge in [0.25, 0.3) is 0 Å². The lowest BCUT2D eigenvalue weighted by molar-refractivity contribution is -0.187. The van der Waals surface area contributed by atoms with Gasteiger partial charge in [-0.05, 0) is 24.5 Å². The fourth-order valence-corrected chi connectivity index (χ4v) is 3.88. The van der Waals surface area contributed by atoms with Crippen LogP contribution in [-0.2, 0) is 4.79 Å². The number of hydrogen-bond acceptors (Lipinski definition) is 3. The number of carbonyl (C=O) groups is 2. The highest BCUT2D eigenvalue weighted by Gasteiger charge is 2.53. The van der Waals surface area contributed by atoms with Crippen molar-refractivity contribution in [3.05, 3.63) is 29.8 Å². The van der Waals surface area contributed by atoms with Gasteiger partial charge in [-0.2, -0.15) is 13.2 Å². The summed E-state index contributed by atoms with van der Waals surface area (Å²) in [6.45, 7) is -0.273. The molecule has 0 bridgehead atoms. The van der Waals surface area contributed by atoms with E-state index >= 15 is 0 Å². The number of hydrogen-bond donors (Lipinski definition) is 2. The van der Waals surface area contributed by atoms with Crippen LogP contribution in [0.4, 0.5) is 23.7 Å². The molecule has 9 heteroatoms. The number of alkyl halides is 3. The molecule has 0 spiro atoms. The number of amides is 2. The predicted octanol–water partition coefficient (Wildman–Crippen LogP) is 2.86. The Morgan fingerprint density at radius 2 is 1.93 bits per heavy atom. The van der Waals surface area contributed by atoms with Crippen molar-refractivity contribution < 1.29 is 27.9 Å². The molecule has 2 N–H and O–H groups in total. The number of nitrogens with one attached hydrogen (secondary N) is 1. The fraction of sp³-hybridized carbons (Fsp3) is 0.556. The van der Waals surface area contributed by atoms with Crippen molar-refractivity contribution in [2.24, 2.45) is 11.8 Å². The summed E-state index contributed by atoms with van der Waals surface area (Å²) in [7, 11) is 1.95. The van der Waals surface area contributed by atoms with E-state index in [9.17, 15) is 22.8 Å². The molecule has 0 aromatic heterocycles. The van der Waals surface area contributed by atoms with Crippen LogP contribution in [0.25, 0.3) is 0 Å². The van der Waals surface area contributed by atoms with Crippen molar-refractivity contribution >= 4 is 17.7 Å². The van der Waals surface area contributed by atoms with Crippen LogP contribution in [0.1, 0.15) is 24.4 Å². The quantitative estimate of drug-likeness (QED) is 0.821. The summed E-state index contributed by atoms with van der Waals surface area (Å²) in [5.74, 6) is -5.22. The smallest absolute Gasteiger partial charge is 0.394 e. The lowest BCUT2D eigenvalue weighted by atomic mass is 9.96. The summed E-state index contributed by atoms with van der Waals surface area (Å²) < 4.78 is 39.4. The number of aliphatic carboxylic acids is 1. The van der Waals surface area contributed by atoms with Gasteiger partial charge in [0.2, 0.25) is 0 Å². The molecule has 1 saturated heterocycles. The first-order valence-corrected chi connectivity index (χ1v) is 8.83. The van der Waals surface area contributed by atoms with Gasteiger partial charge in [0, 0.05) is 32.4 Å². The van der Waals surface area contributed by atoms with Crippen LogP contribution < -0.4 is 10.2 Å². The fourth-order valence-electron chi connectivity index (χ4n) is 3.88. The third-order valence-corrected chi connectivity index (χ3v) is 5.35. The van der Waals surface area contributed by atoms with Crippen LogP contribution in [0.15, 0.2) is 24.3 Å². The van der Waals surface area contributed by atoms with E-state index in [2.05, 4.69) is 10.2 Å². The molecule has 1 aromatic rings. The van der Waals surface area contributed by atoms with E-state index in [1.165, 1.54) is 0 Å². The lowest BCUT2D eigenvalue weighted by Crippen LogP contribution is -2.41. The van der Waals surface area contributed by atoms with E-state index in [-0.39, 0.29) is 6.04 Å². The molecule has 0 radical (unpaired) electrons. The van der Waals surface area contributed by atoms with Gasteiger partial charge in [-0.3, -0.25) is 4.79 Å². The van der Waals surface area contributed by atoms with E-state index in [4.69, 9.17) is 5.11 Å². The van der Waals surface area contributed by atoms with E-state index in [1.807, 2.05) is 31.3 Å². The molecule has 6 nitrogen and oxygen atoms in total. The average molecular weight is 385 g/mol. The van der Waals surface area contributed by atoms with Crippen molar-refractivity contribution in [1.82, 2.24) is 10.2 Å². The van der Waals surface area contributed by atoms with Gasteiger partial charge in [0.15, 0.2) is 0 Å². The number of likely N-dealkylation sites (tertiary alicyclic amines) is 1. The topological polar surface area (TPSA) is 72.9 Å². The van der Waals surface area contributed by atoms with Gasteiger partial charge in [-0.25, -0.2) is 4.79 Å². The van der Waals surface area contributed by atoms with E-state index in [0.29, 0.717) is 6.42 Å². The highest BCUT2D eigenvalue weighted by molar-refractivity contribution is 5.78. The number of rotatable bonds is 2.